The lowest BCUT2D eigenvalue weighted by molar-refractivity contribution is -0.128. The van der Waals surface area contributed by atoms with Gasteiger partial charge in [-0.2, -0.15) is 4.98 Å². The number of amides is 1. The number of carbonyl (C=O) groups excluding carboxylic acids is 1. The maximum atomic E-state index is 11.9. The van der Waals surface area contributed by atoms with Gasteiger partial charge in [-0.1, -0.05) is 6.92 Å². The Bertz CT molecular complexity index is 417. The third-order valence-electron chi connectivity index (χ3n) is 3.07. The molecule has 6 heteroatoms. The van der Waals surface area contributed by atoms with E-state index in [2.05, 4.69) is 27.5 Å². The highest BCUT2D eigenvalue weighted by Gasteiger charge is 2.17. The van der Waals surface area contributed by atoms with Crippen LogP contribution in [0.25, 0.3) is 0 Å². The summed E-state index contributed by atoms with van der Waals surface area (Å²) in [6.45, 7) is 4.99. The van der Waals surface area contributed by atoms with Crippen molar-refractivity contribution in [3.05, 3.63) is 12.3 Å². The largest absolute Gasteiger partial charge is 0.361 e. The average molecular weight is 263 g/mol. The summed E-state index contributed by atoms with van der Waals surface area (Å²) in [5, 5.41) is 6.18. The molecule has 0 spiro atoms. The van der Waals surface area contributed by atoms with Crippen LogP contribution in [0, 0.1) is 0 Å². The van der Waals surface area contributed by atoms with Crippen LogP contribution in [0.4, 0.5) is 11.8 Å². The first-order valence-corrected chi connectivity index (χ1v) is 6.88. The van der Waals surface area contributed by atoms with Gasteiger partial charge in [-0.05, 0) is 25.3 Å². The minimum Gasteiger partial charge on any atom is -0.361 e. The molecule has 104 valence electrons. The maximum Gasteiger partial charge on any atom is 0.241 e. The van der Waals surface area contributed by atoms with E-state index in [1.54, 1.807) is 12.3 Å². The fourth-order valence-electron chi connectivity index (χ4n) is 2.02. The highest BCUT2D eigenvalue weighted by molar-refractivity contribution is 5.80. The lowest BCUT2D eigenvalue weighted by Crippen LogP contribution is -2.33. The van der Waals surface area contributed by atoms with Gasteiger partial charge in [0.1, 0.15) is 5.82 Å². The second-order valence-electron chi connectivity index (χ2n) is 4.63. The third-order valence-corrected chi connectivity index (χ3v) is 3.07. The molecule has 0 bridgehead atoms. The Morgan fingerprint density at radius 3 is 2.89 bits per heavy atom. The highest BCUT2D eigenvalue weighted by atomic mass is 16.2. The van der Waals surface area contributed by atoms with Gasteiger partial charge in [0, 0.05) is 25.8 Å². The average Bonchev–Trinajstić information content (AvgIpc) is 2.97. The summed E-state index contributed by atoms with van der Waals surface area (Å²) < 4.78 is 0. The van der Waals surface area contributed by atoms with E-state index in [9.17, 15) is 4.79 Å². The van der Waals surface area contributed by atoms with Crippen LogP contribution in [0.5, 0.6) is 0 Å². The number of hydrogen-bond acceptors (Lipinski definition) is 5. The molecule has 0 atom stereocenters. The molecular weight excluding hydrogens is 242 g/mol. The standard InChI is InChI=1S/C13H21N5O/c1-2-6-14-13-15-7-5-11(17-13)16-10-12(19)18-8-3-4-9-18/h5,7H,2-4,6,8-10H2,1H3,(H2,14,15,16,17). The molecule has 19 heavy (non-hydrogen) atoms. The van der Waals surface area contributed by atoms with E-state index in [4.69, 9.17) is 0 Å². The quantitative estimate of drug-likeness (QED) is 0.810. The predicted molar refractivity (Wildman–Crippen MR) is 75.1 cm³/mol. The lowest BCUT2D eigenvalue weighted by Gasteiger charge is -2.15. The molecule has 0 radical (unpaired) electrons. The predicted octanol–water partition coefficient (Wildman–Crippen LogP) is 1.33. The normalized spacial score (nSPS) is 14.5. The molecule has 1 aromatic rings. The fourth-order valence-corrected chi connectivity index (χ4v) is 2.02. The van der Waals surface area contributed by atoms with Crippen molar-refractivity contribution in [3.63, 3.8) is 0 Å². The minimum absolute atomic E-state index is 0.138. The number of carbonyl (C=O) groups is 1. The van der Waals surface area contributed by atoms with Crippen molar-refractivity contribution in [2.75, 3.05) is 36.8 Å². The van der Waals surface area contributed by atoms with Crippen molar-refractivity contribution >= 4 is 17.7 Å². The van der Waals surface area contributed by atoms with Crippen LogP contribution in [-0.4, -0.2) is 47.0 Å². The van der Waals surface area contributed by atoms with E-state index in [-0.39, 0.29) is 5.91 Å². The van der Waals surface area contributed by atoms with Crippen LogP contribution in [0.15, 0.2) is 12.3 Å². The van der Waals surface area contributed by atoms with Crippen LogP contribution in [-0.2, 0) is 4.79 Å². The van der Waals surface area contributed by atoms with E-state index < -0.39 is 0 Å². The molecule has 0 unspecified atom stereocenters. The first-order chi connectivity index (χ1) is 9.29. The number of likely N-dealkylation sites (tertiary alicyclic amines) is 1. The van der Waals surface area contributed by atoms with E-state index in [0.29, 0.717) is 18.3 Å². The zero-order valence-electron chi connectivity index (χ0n) is 11.4. The van der Waals surface area contributed by atoms with Gasteiger partial charge in [-0.15, -0.1) is 0 Å². The minimum atomic E-state index is 0.138. The van der Waals surface area contributed by atoms with Crippen molar-refractivity contribution in [1.82, 2.24) is 14.9 Å². The molecule has 6 nitrogen and oxygen atoms in total. The number of anilines is 2. The summed E-state index contributed by atoms with van der Waals surface area (Å²) in [6, 6.07) is 1.77. The Balaban J connectivity index is 1.83. The number of rotatable bonds is 6. The van der Waals surface area contributed by atoms with Crippen LogP contribution in [0.1, 0.15) is 26.2 Å². The molecule has 1 fully saturated rings. The molecule has 2 heterocycles. The van der Waals surface area contributed by atoms with Crippen LogP contribution >= 0.6 is 0 Å². The van der Waals surface area contributed by atoms with Crippen LogP contribution in [0.3, 0.4) is 0 Å². The fraction of sp³-hybridized carbons (Fsp3) is 0.615. The molecule has 1 aliphatic heterocycles. The maximum absolute atomic E-state index is 11.9. The number of aromatic nitrogens is 2. The molecular formula is C13H21N5O. The van der Waals surface area contributed by atoms with Crippen LogP contribution < -0.4 is 10.6 Å². The summed E-state index contributed by atoms with van der Waals surface area (Å²) in [6.07, 6.45) is 4.94. The zero-order chi connectivity index (χ0) is 13.5. The Hall–Kier alpha value is -1.85. The Kier molecular flexibility index (Phi) is 4.94. The number of nitrogens with zero attached hydrogens (tertiary/aromatic N) is 3. The van der Waals surface area contributed by atoms with Gasteiger partial charge in [0.15, 0.2) is 0 Å². The molecule has 0 saturated carbocycles. The highest BCUT2D eigenvalue weighted by Crippen LogP contribution is 2.09. The Morgan fingerprint density at radius 1 is 1.37 bits per heavy atom. The number of nitrogens with one attached hydrogen (secondary N) is 2. The van der Waals surface area contributed by atoms with Crippen molar-refractivity contribution < 1.29 is 4.79 Å². The summed E-state index contributed by atoms with van der Waals surface area (Å²) in [5.41, 5.74) is 0. The van der Waals surface area contributed by atoms with E-state index in [1.165, 1.54) is 0 Å². The van der Waals surface area contributed by atoms with Gasteiger partial charge in [-0.3, -0.25) is 4.79 Å². The van der Waals surface area contributed by atoms with Gasteiger partial charge >= 0.3 is 0 Å². The monoisotopic (exact) mass is 263 g/mol. The van der Waals surface area contributed by atoms with Gasteiger partial charge in [0.25, 0.3) is 0 Å². The summed E-state index contributed by atoms with van der Waals surface area (Å²) in [4.78, 5) is 22.2. The summed E-state index contributed by atoms with van der Waals surface area (Å²) >= 11 is 0. The van der Waals surface area contributed by atoms with Gasteiger partial charge in [0.2, 0.25) is 11.9 Å². The summed E-state index contributed by atoms with van der Waals surface area (Å²) in [5.74, 6) is 1.42. The molecule has 2 rings (SSSR count). The number of hydrogen-bond donors (Lipinski definition) is 2. The molecule has 0 aromatic carbocycles. The van der Waals surface area contributed by atoms with Crippen molar-refractivity contribution in [3.8, 4) is 0 Å². The topological polar surface area (TPSA) is 70.2 Å². The first kappa shape index (κ1) is 13.6. The van der Waals surface area contributed by atoms with E-state index >= 15 is 0 Å². The second kappa shape index (κ2) is 6.92. The first-order valence-electron chi connectivity index (χ1n) is 6.88. The zero-order valence-corrected chi connectivity index (χ0v) is 11.4. The molecule has 1 saturated heterocycles. The molecule has 0 aliphatic carbocycles. The van der Waals surface area contributed by atoms with Gasteiger partial charge < -0.3 is 15.5 Å². The van der Waals surface area contributed by atoms with Crippen molar-refractivity contribution in [1.29, 1.82) is 0 Å². The smallest absolute Gasteiger partial charge is 0.241 e. The van der Waals surface area contributed by atoms with Gasteiger partial charge in [0.05, 0.1) is 6.54 Å². The third kappa shape index (κ3) is 4.08. The molecule has 2 N–H and O–H groups in total. The van der Waals surface area contributed by atoms with Gasteiger partial charge in [-0.25, -0.2) is 4.98 Å². The summed E-state index contributed by atoms with van der Waals surface area (Å²) in [7, 11) is 0. The molecule has 1 amide bonds. The SMILES string of the molecule is CCCNc1nccc(NCC(=O)N2CCCC2)n1. The second-order valence-corrected chi connectivity index (χ2v) is 4.63. The van der Waals surface area contributed by atoms with E-state index in [1.807, 2.05) is 4.90 Å². The van der Waals surface area contributed by atoms with Crippen molar-refractivity contribution in [2.24, 2.45) is 0 Å². The van der Waals surface area contributed by atoms with E-state index in [0.717, 1.165) is 38.9 Å². The van der Waals surface area contributed by atoms with Crippen LogP contribution in [0.2, 0.25) is 0 Å². The Labute approximate surface area is 113 Å². The molecule has 1 aromatic heterocycles. The van der Waals surface area contributed by atoms with Crippen molar-refractivity contribution in [2.45, 2.75) is 26.2 Å². The Morgan fingerprint density at radius 2 is 2.16 bits per heavy atom. The molecule has 1 aliphatic rings. The lowest BCUT2D eigenvalue weighted by atomic mass is 10.4.